The summed E-state index contributed by atoms with van der Waals surface area (Å²) < 4.78 is 0. The average molecular weight is 283 g/mol. The van der Waals surface area contributed by atoms with E-state index in [2.05, 4.69) is 37.9 Å². The lowest BCUT2D eigenvalue weighted by Crippen LogP contribution is -2.56. The molecule has 1 fully saturated rings. The van der Waals surface area contributed by atoms with Crippen molar-refractivity contribution in [1.82, 2.24) is 10.2 Å². The third-order valence-electron chi connectivity index (χ3n) is 4.94. The summed E-state index contributed by atoms with van der Waals surface area (Å²) in [5.74, 6) is -0.172. The molecule has 0 saturated heterocycles. The molecular weight excluding hydrogens is 250 g/mol. The number of carbonyl (C=O) groups is 1. The molecule has 1 rings (SSSR count). The van der Waals surface area contributed by atoms with Gasteiger partial charge in [0, 0.05) is 13.1 Å². The monoisotopic (exact) mass is 283 g/mol. The van der Waals surface area contributed by atoms with Gasteiger partial charge in [-0.15, -0.1) is 0 Å². The minimum atomic E-state index is -0.485. The molecule has 1 saturated carbocycles. The van der Waals surface area contributed by atoms with Crippen LogP contribution in [0.5, 0.6) is 0 Å². The van der Waals surface area contributed by atoms with E-state index in [9.17, 15) is 4.79 Å². The maximum Gasteiger partial charge on any atom is 0.237 e. The van der Waals surface area contributed by atoms with Crippen molar-refractivity contribution in [3.8, 4) is 0 Å². The molecule has 4 heteroatoms. The molecule has 0 radical (unpaired) electrons. The number of nitrogens with two attached hydrogens (primary N) is 1. The number of hydrogen-bond donors (Lipinski definition) is 2. The first kappa shape index (κ1) is 17.4. The van der Waals surface area contributed by atoms with Crippen LogP contribution in [0.1, 0.15) is 59.8 Å². The van der Waals surface area contributed by atoms with Gasteiger partial charge in [-0.25, -0.2) is 0 Å². The quantitative estimate of drug-likeness (QED) is 0.704. The number of likely N-dealkylation sites (N-methyl/N-ethyl adjacent to an activating group) is 1. The molecule has 0 bridgehead atoms. The Bertz CT molecular complexity index is 313. The molecule has 4 nitrogen and oxygen atoms in total. The van der Waals surface area contributed by atoms with Crippen molar-refractivity contribution in [3.63, 3.8) is 0 Å². The van der Waals surface area contributed by atoms with Gasteiger partial charge in [0.05, 0.1) is 5.54 Å². The van der Waals surface area contributed by atoms with Gasteiger partial charge in [-0.3, -0.25) is 4.79 Å². The zero-order valence-electron chi connectivity index (χ0n) is 13.8. The van der Waals surface area contributed by atoms with Gasteiger partial charge in [0.1, 0.15) is 0 Å². The molecule has 1 atom stereocenters. The van der Waals surface area contributed by atoms with Crippen molar-refractivity contribution in [3.05, 3.63) is 0 Å². The van der Waals surface area contributed by atoms with Crippen LogP contribution in [0.2, 0.25) is 0 Å². The number of carbonyl (C=O) groups excluding carboxylic acids is 1. The van der Waals surface area contributed by atoms with E-state index >= 15 is 0 Å². The van der Waals surface area contributed by atoms with Gasteiger partial charge in [0.25, 0.3) is 0 Å². The maximum absolute atomic E-state index is 12.0. The van der Waals surface area contributed by atoms with E-state index in [-0.39, 0.29) is 5.91 Å². The number of primary amides is 1. The highest BCUT2D eigenvalue weighted by Gasteiger charge is 2.39. The molecule has 0 spiro atoms. The molecule has 20 heavy (non-hydrogen) atoms. The van der Waals surface area contributed by atoms with Crippen molar-refractivity contribution in [1.29, 1.82) is 0 Å². The van der Waals surface area contributed by atoms with Crippen molar-refractivity contribution < 1.29 is 4.79 Å². The topological polar surface area (TPSA) is 58.4 Å². The standard InChI is InChI=1S/C16H33N3O/c1-5-19(6-2)13-12-18-16(14(17)20)9-7-8-15(3,4)10-11-16/h18H,5-13H2,1-4H3,(H2,17,20). The summed E-state index contributed by atoms with van der Waals surface area (Å²) in [5, 5.41) is 3.50. The molecule has 1 amide bonds. The molecule has 0 aromatic heterocycles. The number of amides is 1. The van der Waals surface area contributed by atoms with Crippen molar-refractivity contribution in [2.24, 2.45) is 11.1 Å². The average Bonchev–Trinajstić information content (AvgIpc) is 2.54. The lowest BCUT2D eigenvalue weighted by molar-refractivity contribution is -0.125. The van der Waals surface area contributed by atoms with Gasteiger partial charge in [0.15, 0.2) is 0 Å². The minimum absolute atomic E-state index is 0.172. The molecule has 3 N–H and O–H groups in total. The van der Waals surface area contributed by atoms with Gasteiger partial charge >= 0.3 is 0 Å². The SMILES string of the molecule is CCN(CC)CCNC1(C(N)=O)CCCC(C)(C)CC1. The molecule has 0 aliphatic heterocycles. The Kier molecular flexibility index (Phi) is 6.46. The molecule has 1 aliphatic carbocycles. The van der Waals surface area contributed by atoms with Crippen LogP contribution < -0.4 is 11.1 Å². The Morgan fingerprint density at radius 3 is 2.35 bits per heavy atom. The first-order chi connectivity index (χ1) is 9.35. The van der Waals surface area contributed by atoms with Gasteiger partial charge in [-0.05, 0) is 44.2 Å². The molecule has 118 valence electrons. The summed E-state index contributed by atoms with van der Waals surface area (Å²) in [4.78, 5) is 14.4. The molecule has 0 aromatic rings. The van der Waals surface area contributed by atoms with Gasteiger partial charge < -0.3 is 16.0 Å². The van der Waals surface area contributed by atoms with Crippen LogP contribution in [0.4, 0.5) is 0 Å². The van der Waals surface area contributed by atoms with E-state index in [1.807, 2.05) is 0 Å². The highest BCUT2D eigenvalue weighted by Crippen LogP contribution is 2.37. The van der Waals surface area contributed by atoms with E-state index in [4.69, 9.17) is 5.73 Å². The van der Waals surface area contributed by atoms with E-state index in [1.165, 1.54) is 6.42 Å². The van der Waals surface area contributed by atoms with Crippen LogP contribution in [0.3, 0.4) is 0 Å². The van der Waals surface area contributed by atoms with Crippen LogP contribution in [-0.4, -0.2) is 42.5 Å². The zero-order chi connectivity index (χ0) is 15.2. The molecule has 1 unspecified atom stereocenters. The van der Waals surface area contributed by atoms with Crippen molar-refractivity contribution >= 4 is 5.91 Å². The zero-order valence-corrected chi connectivity index (χ0v) is 13.8. The number of nitrogens with one attached hydrogen (secondary N) is 1. The Morgan fingerprint density at radius 1 is 1.15 bits per heavy atom. The molecular formula is C16H33N3O. The Morgan fingerprint density at radius 2 is 1.80 bits per heavy atom. The fourth-order valence-corrected chi connectivity index (χ4v) is 3.17. The summed E-state index contributed by atoms with van der Waals surface area (Å²) in [5.41, 5.74) is 5.57. The lowest BCUT2D eigenvalue weighted by Gasteiger charge is -2.32. The number of nitrogens with zero attached hydrogens (tertiary/aromatic N) is 1. The Labute approximate surface area is 124 Å². The normalized spacial score (nSPS) is 26.4. The van der Waals surface area contributed by atoms with Crippen LogP contribution in [0, 0.1) is 5.41 Å². The van der Waals surface area contributed by atoms with E-state index in [0.29, 0.717) is 5.41 Å². The van der Waals surface area contributed by atoms with E-state index in [1.54, 1.807) is 0 Å². The Balaban J connectivity index is 2.61. The highest BCUT2D eigenvalue weighted by atomic mass is 16.1. The largest absolute Gasteiger partial charge is 0.368 e. The predicted octanol–water partition coefficient (Wildman–Crippen LogP) is 2.13. The summed E-state index contributed by atoms with van der Waals surface area (Å²) >= 11 is 0. The molecule has 0 heterocycles. The second-order valence-electron chi connectivity index (χ2n) is 6.92. The van der Waals surface area contributed by atoms with E-state index in [0.717, 1.165) is 51.9 Å². The Hall–Kier alpha value is -0.610. The van der Waals surface area contributed by atoms with Crippen molar-refractivity contribution in [2.45, 2.75) is 65.3 Å². The number of rotatable bonds is 7. The molecule has 1 aliphatic rings. The lowest BCUT2D eigenvalue weighted by atomic mass is 9.83. The van der Waals surface area contributed by atoms with Crippen LogP contribution >= 0.6 is 0 Å². The van der Waals surface area contributed by atoms with Crippen molar-refractivity contribution in [2.75, 3.05) is 26.2 Å². The van der Waals surface area contributed by atoms with Crippen LogP contribution in [-0.2, 0) is 4.79 Å². The first-order valence-corrected chi connectivity index (χ1v) is 8.12. The molecule has 0 aromatic carbocycles. The predicted molar refractivity (Wildman–Crippen MR) is 84.6 cm³/mol. The van der Waals surface area contributed by atoms with Crippen LogP contribution in [0.15, 0.2) is 0 Å². The smallest absolute Gasteiger partial charge is 0.237 e. The second kappa shape index (κ2) is 7.41. The summed E-state index contributed by atoms with van der Waals surface area (Å²) in [6.45, 7) is 12.8. The first-order valence-electron chi connectivity index (χ1n) is 8.12. The maximum atomic E-state index is 12.0. The highest BCUT2D eigenvalue weighted by molar-refractivity contribution is 5.84. The minimum Gasteiger partial charge on any atom is -0.368 e. The second-order valence-corrected chi connectivity index (χ2v) is 6.92. The van der Waals surface area contributed by atoms with Gasteiger partial charge in [-0.2, -0.15) is 0 Å². The van der Waals surface area contributed by atoms with Crippen LogP contribution in [0.25, 0.3) is 0 Å². The van der Waals surface area contributed by atoms with Gasteiger partial charge in [0.2, 0.25) is 5.91 Å². The summed E-state index contributed by atoms with van der Waals surface area (Å²) in [7, 11) is 0. The fourth-order valence-electron chi connectivity index (χ4n) is 3.17. The fraction of sp³-hybridized carbons (Fsp3) is 0.938. The van der Waals surface area contributed by atoms with E-state index < -0.39 is 5.54 Å². The van der Waals surface area contributed by atoms with Gasteiger partial charge in [-0.1, -0.05) is 34.1 Å². The third kappa shape index (κ3) is 4.74. The summed E-state index contributed by atoms with van der Waals surface area (Å²) in [6.07, 6.45) is 5.07. The third-order valence-corrected chi connectivity index (χ3v) is 4.94. The number of hydrogen-bond acceptors (Lipinski definition) is 3. The summed E-state index contributed by atoms with van der Waals surface area (Å²) in [6, 6.07) is 0.